The van der Waals surface area contributed by atoms with Crippen molar-refractivity contribution in [1.82, 2.24) is 10.2 Å². The Balaban J connectivity index is 1.51. The fourth-order valence-corrected chi connectivity index (χ4v) is 3.82. The summed E-state index contributed by atoms with van der Waals surface area (Å²) < 4.78 is 19.0. The molecule has 1 unspecified atom stereocenters. The Bertz CT molecular complexity index is 870. The van der Waals surface area contributed by atoms with Gasteiger partial charge in [-0.1, -0.05) is 36.4 Å². The second kappa shape index (κ2) is 6.44. The van der Waals surface area contributed by atoms with Gasteiger partial charge in [0.25, 0.3) is 5.91 Å². The molecule has 0 aromatic heterocycles. The number of para-hydroxylation sites is 1. The number of carbonyl (C=O) groups excluding carboxylic acids is 2. The molecule has 1 aliphatic heterocycles. The molecule has 0 bridgehead atoms. The van der Waals surface area contributed by atoms with Gasteiger partial charge in [0.15, 0.2) is 11.6 Å². The molecule has 2 aromatic rings. The van der Waals surface area contributed by atoms with E-state index in [9.17, 15) is 14.0 Å². The van der Waals surface area contributed by atoms with Crippen molar-refractivity contribution in [3.8, 4) is 5.75 Å². The normalized spacial score (nSPS) is 21.7. The highest BCUT2D eigenvalue weighted by Gasteiger charge is 2.53. The topological polar surface area (TPSA) is 58.6 Å². The number of fused-ring (bicyclic) bond motifs is 2. The highest BCUT2D eigenvalue weighted by Crippen LogP contribution is 2.39. The van der Waals surface area contributed by atoms with Gasteiger partial charge in [0.05, 0.1) is 6.54 Å². The Hall–Kier alpha value is -2.89. The molecule has 5 nitrogen and oxygen atoms in total. The zero-order chi connectivity index (χ0) is 18.1. The molecule has 6 heteroatoms. The third kappa shape index (κ3) is 2.62. The van der Waals surface area contributed by atoms with E-state index in [1.807, 2.05) is 24.3 Å². The van der Waals surface area contributed by atoms with Crippen molar-refractivity contribution in [2.24, 2.45) is 0 Å². The predicted molar refractivity (Wildman–Crippen MR) is 93.2 cm³/mol. The first kappa shape index (κ1) is 16.6. The molecular weight excluding hydrogens is 335 g/mol. The van der Waals surface area contributed by atoms with Crippen LogP contribution in [0.3, 0.4) is 0 Å². The van der Waals surface area contributed by atoms with E-state index in [0.29, 0.717) is 6.42 Å². The first-order valence-electron chi connectivity index (χ1n) is 8.72. The molecule has 1 atom stereocenters. The van der Waals surface area contributed by atoms with Crippen LogP contribution in [-0.2, 0) is 16.8 Å². The van der Waals surface area contributed by atoms with E-state index in [0.717, 1.165) is 24.0 Å². The van der Waals surface area contributed by atoms with Gasteiger partial charge in [0.2, 0.25) is 0 Å². The minimum atomic E-state index is -0.982. The summed E-state index contributed by atoms with van der Waals surface area (Å²) in [5.41, 5.74) is 0.989. The third-order valence-corrected chi connectivity index (χ3v) is 5.06. The molecule has 2 aliphatic rings. The maximum Gasteiger partial charge on any atom is 0.325 e. The minimum absolute atomic E-state index is 0.0395. The van der Waals surface area contributed by atoms with Gasteiger partial charge in [-0.15, -0.1) is 0 Å². The van der Waals surface area contributed by atoms with Crippen LogP contribution in [0.5, 0.6) is 5.75 Å². The molecule has 1 heterocycles. The number of nitrogens with one attached hydrogen (secondary N) is 1. The number of hydrogen-bond donors (Lipinski definition) is 1. The van der Waals surface area contributed by atoms with E-state index in [2.05, 4.69) is 5.32 Å². The van der Waals surface area contributed by atoms with Gasteiger partial charge in [-0.25, -0.2) is 9.18 Å². The number of rotatable bonds is 4. The van der Waals surface area contributed by atoms with Crippen LogP contribution in [-0.4, -0.2) is 30.0 Å². The molecule has 2 aromatic carbocycles. The van der Waals surface area contributed by atoms with Crippen LogP contribution >= 0.6 is 0 Å². The van der Waals surface area contributed by atoms with Crippen LogP contribution in [0.4, 0.5) is 9.18 Å². The van der Waals surface area contributed by atoms with E-state index in [-0.39, 0.29) is 24.8 Å². The molecule has 0 saturated carbocycles. The van der Waals surface area contributed by atoms with Crippen molar-refractivity contribution in [3.63, 3.8) is 0 Å². The number of carbonyl (C=O) groups is 2. The highest BCUT2D eigenvalue weighted by atomic mass is 19.1. The Morgan fingerprint density at radius 1 is 1.12 bits per heavy atom. The van der Waals surface area contributed by atoms with Gasteiger partial charge in [0, 0.05) is 0 Å². The Morgan fingerprint density at radius 3 is 2.73 bits per heavy atom. The second-order valence-corrected chi connectivity index (χ2v) is 6.58. The third-order valence-electron chi connectivity index (χ3n) is 5.06. The maximum absolute atomic E-state index is 13.6. The molecule has 134 valence electrons. The van der Waals surface area contributed by atoms with Crippen molar-refractivity contribution in [3.05, 3.63) is 65.5 Å². The fraction of sp³-hybridized carbons (Fsp3) is 0.300. The average Bonchev–Trinajstić information content (AvgIpc) is 2.88. The van der Waals surface area contributed by atoms with Crippen LogP contribution in [0.15, 0.2) is 48.5 Å². The molecule has 26 heavy (non-hydrogen) atoms. The summed E-state index contributed by atoms with van der Waals surface area (Å²) in [7, 11) is 0. The lowest BCUT2D eigenvalue weighted by Crippen LogP contribution is -2.46. The molecule has 1 aliphatic carbocycles. The summed E-state index contributed by atoms with van der Waals surface area (Å²) in [5.74, 6) is -0.619. The standard InChI is InChI=1S/C20H19FN2O3/c21-16-9-3-4-10-17(16)26-13-12-23-18(24)20(22-19(23)25)11-5-7-14-6-1-2-8-15(14)20/h1-4,6,8-10H,5,7,11-13H2,(H,22,25). The largest absolute Gasteiger partial charge is 0.489 e. The SMILES string of the molecule is O=C1NC2(CCCc3ccccc32)C(=O)N1CCOc1ccccc1F. The number of halogens is 1. The number of aryl methyl sites for hydroxylation is 1. The average molecular weight is 354 g/mol. The van der Waals surface area contributed by atoms with E-state index < -0.39 is 17.4 Å². The van der Waals surface area contributed by atoms with Gasteiger partial charge < -0.3 is 10.1 Å². The first-order valence-corrected chi connectivity index (χ1v) is 8.72. The number of nitrogens with zero attached hydrogens (tertiary/aromatic N) is 1. The molecule has 1 fully saturated rings. The Kier molecular flexibility index (Phi) is 4.11. The van der Waals surface area contributed by atoms with Gasteiger partial charge >= 0.3 is 6.03 Å². The zero-order valence-corrected chi connectivity index (χ0v) is 14.2. The van der Waals surface area contributed by atoms with Crippen LogP contribution < -0.4 is 10.1 Å². The summed E-state index contributed by atoms with van der Waals surface area (Å²) in [4.78, 5) is 26.7. The smallest absolute Gasteiger partial charge is 0.325 e. The quantitative estimate of drug-likeness (QED) is 0.859. The molecule has 1 N–H and O–H groups in total. The van der Waals surface area contributed by atoms with Gasteiger partial charge in [-0.2, -0.15) is 0 Å². The number of ether oxygens (including phenoxy) is 1. The molecule has 1 saturated heterocycles. The maximum atomic E-state index is 13.6. The number of imide groups is 1. The lowest BCUT2D eigenvalue weighted by atomic mass is 9.76. The van der Waals surface area contributed by atoms with Crippen LogP contribution in [0.25, 0.3) is 0 Å². The summed E-state index contributed by atoms with van der Waals surface area (Å²) >= 11 is 0. The summed E-state index contributed by atoms with van der Waals surface area (Å²) in [6, 6.07) is 13.4. The van der Waals surface area contributed by atoms with E-state index >= 15 is 0 Å². The molecular formula is C20H19FN2O3. The summed E-state index contributed by atoms with van der Waals surface area (Å²) in [5, 5.41) is 2.89. The minimum Gasteiger partial charge on any atom is -0.489 e. The lowest BCUT2D eigenvalue weighted by molar-refractivity contribution is -0.132. The monoisotopic (exact) mass is 354 g/mol. The zero-order valence-electron chi connectivity index (χ0n) is 14.2. The number of benzene rings is 2. The lowest BCUT2D eigenvalue weighted by Gasteiger charge is -2.33. The van der Waals surface area contributed by atoms with Crippen molar-refractivity contribution in [1.29, 1.82) is 0 Å². The molecule has 3 amide bonds. The number of hydrogen-bond acceptors (Lipinski definition) is 3. The van der Waals surface area contributed by atoms with Gasteiger partial charge in [-0.05, 0) is 42.5 Å². The van der Waals surface area contributed by atoms with Crippen molar-refractivity contribution >= 4 is 11.9 Å². The van der Waals surface area contributed by atoms with E-state index in [4.69, 9.17) is 4.74 Å². The Labute approximate surface area is 150 Å². The molecule has 0 radical (unpaired) electrons. The molecule has 1 spiro atoms. The molecule has 4 rings (SSSR count). The van der Waals surface area contributed by atoms with E-state index in [1.54, 1.807) is 12.1 Å². The van der Waals surface area contributed by atoms with Crippen LogP contribution in [0.1, 0.15) is 24.0 Å². The number of amides is 3. The fourth-order valence-electron chi connectivity index (χ4n) is 3.82. The number of urea groups is 1. The summed E-state index contributed by atoms with van der Waals surface area (Å²) in [6.45, 7) is 0.112. The van der Waals surface area contributed by atoms with Gasteiger partial charge in [0.1, 0.15) is 12.1 Å². The van der Waals surface area contributed by atoms with Crippen LogP contribution in [0.2, 0.25) is 0 Å². The second-order valence-electron chi connectivity index (χ2n) is 6.58. The summed E-state index contributed by atoms with van der Waals surface area (Å²) in [6.07, 6.45) is 2.32. The highest BCUT2D eigenvalue weighted by molar-refractivity contribution is 6.07. The van der Waals surface area contributed by atoms with Gasteiger partial charge in [-0.3, -0.25) is 9.69 Å². The predicted octanol–water partition coefficient (Wildman–Crippen LogP) is 2.99. The van der Waals surface area contributed by atoms with Crippen molar-refractivity contribution in [2.45, 2.75) is 24.8 Å². The Morgan fingerprint density at radius 2 is 1.88 bits per heavy atom. The van der Waals surface area contributed by atoms with Crippen molar-refractivity contribution < 1.29 is 18.7 Å². The van der Waals surface area contributed by atoms with E-state index in [1.165, 1.54) is 17.0 Å². The van der Waals surface area contributed by atoms with Crippen molar-refractivity contribution in [2.75, 3.05) is 13.2 Å². The first-order chi connectivity index (χ1) is 12.6. The van der Waals surface area contributed by atoms with Crippen LogP contribution in [0, 0.1) is 5.82 Å².